The highest BCUT2D eigenvalue weighted by Gasteiger charge is 2.06. The fourth-order valence-corrected chi connectivity index (χ4v) is 1.25. The molecule has 0 aliphatic rings. The zero-order chi connectivity index (χ0) is 12.4. The number of carbonyl (C=O) groups is 1. The second kappa shape index (κ2) is 9.57. The fraction of sp³-hybridized carbons (Fsp3) is 0.909. The van der Waals surface area contributed by atoms with Gasteiger partial charge < -0.3 is 19.7 Å². The molecule has 1 unspecified atom stereocenters. The minimum atomic E-state index is 0.0783. The lowest BCUT2D eigenvalue weighted by molar-refractivity contribution is -0.128. The van der Waals surface area contributed by atoms with Crippen molar-refractivity contribution < 1.29 is 14.3 Å². The molecule has 5 nitrogen and oxygen atoms in total. The maximum absolute atomic E-state index is 11.3. The quantitative estimate of drug-likeness (QED) is 0.573. The number of nitrogens with zero attached hydrogens (tertiary/aromatic N) is 1. The Labute approximate surface area is 98.1 Å². The third-order valence-electron chi connectivity index (χ3n) is 2.30. The zero-order valence-electron chi connectivity index (χ0n) is 10.8. The van der Waals surface area contributed by atoms with Gasteiger partial charge in [0, 0.05) is 41.3 Å². The molecule has 0 saturated carbocycles. The van der Waals surface area contributed by atoms with Crippen LogP contribution in [0.1, 0.15) is 12.8 Å². The van der Waals surface area contributed by atoms with Crippen molar-refractivity contribution in [3.05, 3.63) is 0 Å². The number of nitrogens with one attached hydrogen (secondary N) is 1. The maximum Gasteiger partial charge on any atom is 0.222 e. The van der Waals surface area contributed by atoms with Crippen LogP contribution >= 0.6 is 0 Å². The van der Waals surface area contributed by atoms with E-state index in [-0.39, 0.29) is 12.0 Å². The molecular formula is C11H24N2O3. The molecule has 0 fully saturated rings. The number of ether oxygens (including phenoxy) is 2. The average Bonchev–Trinajstić information content (AvgIpc) is 2.26. The highest BCUT2D eigenvalue weighted by atomic mass is 16.5. The predicted octanol–water partition coefficient (Wildman–Crippen LogP) is 0.106. The highest BCUT2D eigenvalue weighted by molar-refractivity contribution is 5.75. The molecule has 0 rings (SSSR count). The standard InChI is InChI=1S/C11H24N2O3/c1-13(2)11(14)6-5-7-12-8-10(16-4)9-15-3/h10,12H,5-9H2,1-4H3. The van der Waals surface area contributed by atoms with Crippen LogP contribution in [0, 0.1) is 0 Å². The van der Waals surface area contributed by atoms with Crippen molar-refractivity contribution in [3.63, 3.8) is 0 Å². The average molecular weight is 232 g/mol. The van der Waals surface area contributed by atoms with Crippen molar-refractivity contribution in [1.29, 1.82) is 0 Å². The van der Waals surface area contributed by atoms with Gasteiger partial charge in [-0.3, -0.25) is 4.79 Å². The molecule has 0 radical (unpaired) electrons. The van der Waals surface area contributed by atoms with Crippen LogP contribution in [0.3, 0.4) is 0 Å². The summed E-state index contributed by atoms with van der Waals surface area (Å²) in [7, 11) is 6.87. The van der Waals surface area contributed by atoms with E-state index in [2.05, 4.69) is 5.32 Å². The number of carbonyl (C=O) groups excluding carboxylic acids is 1. The summed E-state index contributed by atoms with van der Waals surface area (Å²) in [6.07, 6.45) is 1.51. The molecule has 16 heavy (non-hydrogen) atoms. The van der Waals surface area contributed by atoms with E-state index in [0.717, 1.165) is 19.5 Å². The Kier molecular flexibility index (Phi) is 9.18. The third kappa shape index (κ3) is 7.62. The monoisotopic (exact) mass is 232 g/mol. The van der Waals surface area contributed by atoms with Gasteiger partial charge in [0.1, 0.15) is 0 Å². The molecule has 1 N–H and O–H groups in total. The molecule has 0 aromatic rings. The van der Waals surface area contributed by atoms with Gasteiger partial charge in [0.25, 0.3) is 0 Å². The number of methoxy groups -OCH3 is 2. The van der Waals surface area contributed by atoms with E-state index >= 15 is 0 Å². The Balaban J connectivity index is 3.41. The molecule has 0 bridgehead atoms. The Hall–Kier alpha value is -0.650. The van der Waals surface area contributed by atoms with Crippen molar-refractivity contribution in [3.8, 4) is 0 Å². The van der Waals surface area contributed by atoms with Crippen LogP contribution < -0.4 is 5.32 Å². The zero-order valence-corrected chi connectivity index (χ0v) is 10.8. The molecule has 96 valence electrons. The van der Waals surface area contributed by atoms with Gasteiger partial charge in [0.2, 0.25) is 5.91 Å². The summed E-state index contributed by atoms with van der Waals surface area (Å²) in [5.41, 5.74) is 0. The SMILES string of the molecule is COCC(CNCCCC(=O)N(C)C)OC. The van der Waals surface area contributed by atoms with E-state index in [0.29, 0.717) is 13.0 Å². The van der Waals surface area contributed by atoms with E-state index in [4.69, 9.17) is 9.47 Å². The number of hydrogen-bond acceptors (Lipinski definition) is 4. The van der Waals surface area contributed by atoms with Crippen molar-refractivity contribution in [2.24, 2.45) is 0 Å². The molecule has 0 saturated heterocycles. The largest absolute Gasteiger partial charge is 0.382 e. The predicted molar refractivity (Wildman–Crippen MR) is 63.5 cm³/mol. The summed E-state index contributed by atoms with van der Waals surface area (Å²) >= 11 is 0. The minimum absolute atomic E-state index is 0.0783. The van der Waals surface area contributed by atoms with E-state index in [1.54, 1.807) is 33.2 Å². The van der Waals surface area contributed by atoms with Crippen molar-refractivity contribution in [1.82, 2.24) is 10.2 Å². The minimum Gasteiger partial charge on any atom is -0.382 e. The molecule has 0 aromatic heterocycles. The molecular weight excluding hydrogens is 208 g/mol. The smallest absolute Gasteiger partial charge is 0.222 e. The first-order valence-corrected chi connectivity index (χ1v) is 5.54. The van der Waals surface area contributed by atoms with E-state index in [1.807, 2.05) is 0 Å². The van der Waals surface area contributed by atoms with Gasteiger partial charge in [-0.15, -0.1) is 0 Å². The summed E-state index contributed by atoms with van der Waals surface area (Å²) in [4.78, 5) is 12.9. The number of rotatable bonds is 9. The van der Waals surface area contributed by atoms with Crippen LogP contribution in [0.2, 0.25) is 0 Å². The Morgan fingerprint density at radius 3 is 2.56 bits per heavy atom. The van der Waals surface area contributed by atoms with Gasteiger partial charge in [0.15, 0.2) is 0 Å². The molecule has 0 aliphatic heterocycles. The first kappa shape index (κ1) is 15.3. The summed E-state index contributed by atoms with van der Waals surface area (Å²) in [6.45, 7) is 2.16. The van der Waals surface area contributed by atoms with E-state index in [1.165, 1.54) is 0 Å². The van der Waals surface area contributed by atoms with Gasteiger partial charge in [-0.05, 0) is 13.0 Å². The molecule has 0 heterocycles. The van der Waals surface area contributed by atoms with Gasteiger partial charge in [-0.1, -0.05) is 0 Å². The van der Waals surface area contributed by atoms with Gasteiger partial charge in [0.05, 0.1) is 12.7 Å². The molecule has 0 aromatic carbocycles. The summed E-state index contributed by atoms with van der Waals surface area (Å²) < 4.78 is 10.2. The van der Waals surface area contributed by atoms with Gasteiger partial charge in [-0.25, -0.2) is 0 Å². The lowest BCUT2D eigenvalue weighted by Crippen LogP contribution is -2.32. The Morgan fingerprint density at radius 1 is 1.38 bits per heavy atom. The lowest BCUT2D eigenvalue weighted by atomic mass is 10.2. The molecule has 1 amide bonds. The van der Waals surface area contributed by atoms with Gasteiger partial charge >= 0.3 is 0 Å². The van der Waals surface area contributed by atoms with Gasteiger partial charge in [-0.2, -0.15) is 0 Å². The van der Waals surface area contributed by atoms with Crippen LogP contribution in [0.15, 0.2) is 0 Å². The van der Waals surface area contributed by atoms with Crippen LogP contribution in [-0.4, -0.2) is 64.9 Å². The summed E-state index contributed by atoms with van der Waals surface area (Å²) in [6, 6.07) is 0. The molecule has 1 atom stereocenters. The topological polar surface area (TPSA) is 50.8 Å². The normalized spacial score (nSPS) is 12.5. The first-order valence-electron chi connectivity index (χ1n) is 5.54. The Bertz CT molecular complexity index is 186. The second-order valence-corrected chi connectivity index (χ2v) is 3.91. The van der Waals surface area contributed by atoms with Crippen LogP contribution in [0.25, 0.3) is 0 Å². The molecule has 0 spiro atoms. The van der Waals surface area contributed by atoms with E-state index < -0.39 is 0 Å². The Morgan fingerprint density at radius 2 is 2.06 bits per heavy atom. The van der Waals surface area contributed by atoms with Crippen molar-refractivity contribution in [2.45, 2.75) is 18.9 Å². The fourth-order valence-electron chi connectivity index (χ4n) is 1.25. The van der Waals surface area contributed by atoms with Crippen molar-refractivity contribution >= 4 is 5.91 Å². The third-order valence-corrected chi connectivity index (χ3v) is 2.30. The highest BCUT2D eigenvalue weighted by Crippen LogP contribution is 1.93. The van der Waals surface area contributed by atoms with Crippen LogP contribution in [0.5, 0.6) is 0 Å². The van der Waals surface area contributed by atoms with Crippen molar-refractivity contribution in [2.75, 3.05) is 48.0 Å². The number of hydrogen-bond donors (Lipinski definition) is 1. The molecule has 0 aliphatic carbocycles. The maximum atomic E-state index is 11.3. The first-order chi connectivity index (χ1) is 7.61. The second-order valence-electron chi connectivity index (χ2n) is 3.91. The van der Waals surface area contributed by atoms with Crippen LogP contribution in [-0.2, 0) is 14.3 Å². The molecule has 5 heteroatoms. The van der Waals surface area contributed by atoms with E-state index in [9.17, 15) is 4.79 Å². The van der Waals surface area contributed by atoms with Crippen LogP contribution in [0.4, 0.5) is 0 Å². The summed E-state index contributed by atoms with van der Waals surface area (Å²) in [5.74, 6) is 0.169. The lowest BCUT2D eigenvalue weighted by Gasteiger charge is -2.15. The summed E-state index contributed by atoms with van der Waals surface area (Å²) in [5, 5.41) is 3.24. The number of amides is 1.